The Labute approximate surface area is 573 Å². The second-order valence-electron chi connectivity index (χ2n) is 25.0. The summed E-state index contributed by atoms with van der Waals surface area (Å²) in [4.78, 5) is 160. The number of carboxylic acid groups (broad SMARTS) is 5. The van der Waals surface area contributed by atoms with Crippen LogP contribution in [0.3, 0.4) is 0 Å². The van der Waals surface area contributed by atoms with Crippen molar-refractivity contribution in [2.24, 2.45) is 17.8 Å². The fourth-order valence-electron chi connectivity index (χ4n) is 12.1. The SMILES string of the molecule is COC(=O)C(CCCCNC(=O)C(CC(=O)C1CCC(CNC(=O)C(CCCCCC(=O)CCCc2ccc(I)cc2)NC(=O)CN2CCN(CC(=O)O)CCN(CC(=O)O)CCN(CC(=O)O)CC2)CC1)Cc1ccc2ccccc2c1)NC(=O)NC(CCC(=O)O)C(=O)O. The van der Waals surface area contributed by atoms with E-state index in [1.54, 1.807) is 19.6 Å². The number of aryl methyl sites for hydroxylation is 1. The number of Topliss-reactive ketones (excluding diaryl/α,β-unsaturated/α-hetero) is 2. The van der Waals surface area contributed by atoms with Gasteiger partial charge in [0.25, 0.3) is 0 Å². The molecule has 528 valence electrons. The molecule has 1 saturated heterocycles. The van der Waals surface area contributed by atoms with Gasteiger partial charge >= 0.3 is 41.8 Å². The molecule has 5 rings (SSSR count). The Bertz CT molecular complexity index is 3040. The van der Waals surface area contributed by atoms with Crippen molar-refractivity contribution in [1.82, 2.24) is 46.2 Å². The number of rotatable bonds is 40. The Kier molecular flexibility index (Phi) is 35.2. The molecule has 27 nitrogen and oxygen atoms in total. The van der Waals surface area contributed by atoms with Crippen LogP contribution in [0.4, 0.5) is 4.79 Å². The van der Waals surface area contributed by atoms with Gasteiger partial charge in [-0.05, 0) is 146 Å². The molecule has 0 spiro atoms. The van der Waals surface area contributed by atoms with Crippen molar-refractivity contribution >= 4 is 104 Å². The van der Waals surface area contributed by atoms with E-state index in [2.05, 4.69) is 61.3 Å². The van der Waals surface area contributed by atoms with Crippen LogP contribution in [0.25, 0.3) is 10.8 Å². The van der Waals surface area contributed by atoms with Crippen LogP contribution in [0.2, 0.25) is 0 Å². The van der Waals surface area contributed by atoms with Crippen LogP contribution in [0.1, 0.15) is 120 Å². The molecule has 1 saturated carbocycles. The maximum Gasteiger partial charge on any atom is 0.328 e. The van der Waals surface area contributed by atoms with E-state index in [-0.39, 0.29) is 153 Å². The highest BCUT2D eigenvalue weighted by Crippen LogP contribution is 2.32. The number of carbonyl (C=O) groups excluding carboxylic acids is 7. The molecular weight excluding hydrogens is 1360 g/mol. The lowest BCUT2D eigenvalue weighted by Gasteiger charge is -2.33. The molecule has 1 aliphatic carbocycles. The van der Waals surface area contributed by atoms with E-state index < -0.39 is 84.1 Å². The Morgan fingerprint density at radius 2 is 1.07 bits per heavy atom. The van der Waals surface area contributed by atoms with Gasteiger partial charge in [0.2, 0.25) is 17.7 Å². The van der Waals surface area contributed by atoms with Crippen LogP contribution in [0.15, 0.2) is 66.7 Å². The first-order chi connectivity index (χ1) is 45.9. The number of amides is 5. The number of unbranched alkanes of at least 4 members (excludes halogenated alkanes) is 3. The maximum atomic E-state index is 14.3. The molecule has 3 aromatic carbocycles. The van der Waals surface area contributed by atoms with Gasteiger partial charge in [-0.2, -0.15) is 0 Å². The summed E-state index contributed by atoms with van der Waals surface area (Å²) < 4.78 is 5.98. The summed E-state index contributed by atoms with van der Waals surface area (Å²) >= 11 is 2.25. The van der Waals surface area contributed by atoms with Gasteiger partial charge in [0, 0.05) is 107 Å². The van der Waals surface area contributed by atoms with Gasteiger partial charge in [-0.15, -0.1) is 0 Å². The fraction of sp³-hybridized carbons (Fsp3) is 0.588. The zero-order valence-electron chi connectivity index (χ0n) is 54.9. The van der Waals surface area contributed by atoms with Crippen molar-refractivity contribution in [3.63, 3.8) is 0 Å². The van der Waals surface area contributed by atoms with Crippen LogP contribution >= 0.6 is 22.6 Å². The van der Waals surface area contributed by atoms with Crippen LogP contribution < -0.4 is 26.6 Å². The molecule has 10 N–H and O–H groups in total. The predicted molar refractivity (Wildman–Crippen MR) is 363 cm³/mol. The average Bonchev–Trinajstić information content (AvgIpc) is 0.869. The number of ether oxygens (including phenoxy) is 1. The monoisotopic (exact) mass is 1450 g/mol. The van der Waals surface area contributed by atoms with Crippen molar-refractivity contribution in [2.75, 3.05) is 98.7 Å². The van der Waals surface area contributed by atoms with Gasteiger partial charge < -0.3 is 56.9 Å². The predicted octanol–water partition coefficient (Wildman–Crippen LogP) is 4.43. The van der Waals surface area contributed by atoms with Gasteiger partial charge in [0.15, 0.2) is 0 Å². The second-order valence-corrected chi connectivity index (χ2v) is 26.3. The number of carboxylic acids is 5. The van der Waals surface area contributed by atoms with Crippen molar-refractivity contribution in [3.8, 4) is 0 Å². The first kappa shape index (κ1) is 79.0. The van der Waals surface area contributed by atoms with Gasteiger partial charge in [0.1, 0.15) is 29.7 Å². The molecule has 5 amide bonds. The molecule has 0 radical (unpaired) electrons. The van der Waals surface area contributed by atoms with Gasteiger partial charge in [0.05, 0.1) is 33.3 Å². The first-order valence-corrected chi connectivity index (χ1v) is 34.3. The third kappa shape index (κ3) is 31.0. The third-order valence-electron chi connectivity index (χ3n) is 17.5. The second kappa shape index (κ2) is 42.8. The van der Waals surface area contributed by atoms with E-state index >= 15 is 0 Å². The number of ketones is 2. The number of halogens is 1. The van der Waals surface area contributed by atoms with Crippen LogP contribution in [0.5, 0.6) is 0 Å². The number of aliphatic carboxylic acids is 5. The standard InChI is InChI=1S/C68H96IN9O18/c1-96-67(94)57(74-68(95)73-56(66(92)93)27-28-60(82)83)16-7-8-29-70-64(90)52(39-48-19-22-49-11-5-6-12-51(49)38-48)40-58(80)50-23-17-47(18-24-50)41-71-65(91)55(15-4-2-3-13-54(79)14-9-10-46-20-25-53(69)26-21-46)72-59(81)42-75-30-32-76(43-61(84)85)34-36-78(45-63(88)89)37-35-77(33-31-75)44-62(86)87/h5-6,11-12,19-22,25-26,38,47,50,52,55-57H,2-4,7-10,13-18,23-24,27-37,39-45H2,1H3,(H,70,90)(H,71,91)(H,72,81)(H,82,83)(H,84,85)(H,86,87)(H,88,89)(H,92,93)(H2,73,74,95). The molecule has 2 aliphatic rings. The van der Waals surface area contributed by atoms with Gasteiger partial charge in [-0.25, -0.2) is 14.4 Å². The molecule has 96 heavy (non-hydrogen) atoms. The lowest BCUT2D eigenvalue weighted by atomic mass is 9.77. The molecule has 1 heterocycles. The largest absolute Gasteiger partial charge is 0.481 e. The number of benzene rings is 3. The summed E-state index contributed by atoms with van der Waals surface area (Å²) in [7, 11) is 1.12. The number of methoxy groups -OCH3 is 1. The molecule has 1 aliphatic heterocycles. The summed E-state index contributed by atoms with van der Waals surface area (Å²) in [5, 5.41) is 63.0. The highest BCUT2D eigenvalue weighted by molar-refractivity contribution is 14.1. The molecule has 4 unspecified atom stereocenters. The Balaban J connectivity index is 1.19. The number of nitrogens with zero attached hydrogens (tertiary/aromatic N) is 4. The molecule has 0 bridgehead atoms. The number of urea groups is 1. The Morgan fingerprint density at radius 3 is 1.65 bits per heavy atom. The van der Waals surface area contributed by atoms with Crippen LogP contribution in [0, 0.1) is 21.3 Å². The average molecular weight is 1450 g/mol. The molecule has 2 fully saturated rings. The fourth-order valence-corrected chi connectivity index (χ4v) is 12.4. The lowest BCUT2D eigenvalue weighted by molar-refractivity contribution is -0.143. The van der Waals surface area contributed by atoms with Gasteiger partial charge in [-0.1, -0.05) is 67.4 Å². The number of hydrogen-bond acceptors (Lipinski definition) is 17. The third-order valence-corrected chi connectivity index (χ3v) is 18.3. The van der Waals surface area contributed by atoms with Crippen molar-refractivity contribution in [1.29, 1.82) is 0 Å². The van der Waals surface area contributed by atoms with E-state index in [9.17, 15) is 78.0 Å². The Morgan fingerprint density at radius 1 is 0.531 bits per heavy atom. The van der Waals surface area contributed by atoms with E-state index in [0.717, 1.165) is 39.9 Å². The van der Waals surface area contributed by atoms with E-state index in [0.29, 0.717) is 70.6 Å². The van der Waals surface area contributed by atoms with E-state index in [4.69, 9.17) is 9.84 Å². The smallest absolute Gasteiger partial charge is 0.328 e. The molecule has 0 aromatic heterocycles. The summed E-state index contributed by atoms with van der Waals surface area (Å²) in [5.41, 5.74) is 2.03. The van der Waals surface area contributed by atoms with E-state index in [1.807, 2.05) is 54.6 Å². The normalized spacial score (nSPS) is 17.4. The number of carbonyl (C=O) groups is 12. The van der Waals surface area contributed by atoms with Crippen molar-refractivity contribution in [2.45, 2.75) is 140 Å². The summed E-state index contributed by atoms with van der Waals surface area (Å²) in [5.74, 6) is -8.96. The van der Waals surface area contributed by atoms with E-state index in [1.165, 1.54) is 5.56 Å². The summed E-state index contributed by atoms with van der Waals surface area (Å²) in [6, 6.07) is 17.2. The molecular formula is C68H96IN9O18. The lowest BCUT2D eigenvalue weighted by Crippen LogP contribution is -2.52. The minimum absolute atomic E-state index is 0.00224. The topological polar surface area (TPSA) is 388 Å². The number of nitrogens with one attached hydrogen (secondary N) is 5. The number of fused-ring (bicyclic) bond motifs is 1. The molecule has 28 heteroatoms. The molecule has 3 aromatic rings. The maximum absolute atomic E-state index is 14.3. The van der Waals surface area contributed by atoms with Crippen molar-refractivity contribution in [3.05, 3.63) is 81.4 Å². The first-order valence-electron chi connectivity index (χ1n) is 33.2. The van der Waals surface area contributed by atoms with Crippen molar-refractivity contribution < 1.29 is 87.8 Å². The van der Waals surface area contributed by atoms with Gasteiger partial charge in [-0.3, -0.25) is 62.8 Å². The zero-order valence-corrected chi connectivity index (χ0v) is 57.0. The zero-order chi connectivity index (χ0) is 69.9. The minimum atomic E-state index is -1.52. The number of esters is 1. The quantitative estimate of drug-likeness (QED) is 0.0214. The van der Waals surface area contributed by atoms with Crippen LogP contribution in [-0.4, -0.2) is 233 Å². The summed E-state index contributed by atoms with van der Waals surface area (Å²) in [6.45, 7) is 0.874. The Hall–Kier alpha value is -7.67. The summed E-state index contributed by atoms with van der Waals surface area (Å²) in [6.07, 6.45) is 6.70. The minimum Gasteiger partial charge on any atom is -0.481 e. The number of hydrogen-bond donors (Lipinski definition) is 10. The van der Waals surface area contributed by atoms with Crippen LogP contribution in [-0.2, 0) is 70.3 Å². The highest BCUT2D eigenvalue weighted by atomic mass is 127. The molecule has 4 atom stereocenters. The highest BCUT2D eigenvalue weighted by Gasteiger charge is 2.33.